The molecule has 0 aliphatic carbocycles. The Morgan fingerprint density at radius 1 is 1.11 bits per heavy atom. The van der Waals surface area contributed by atoms with E-state index < -0.39 is 0 Å². The van der Waals surface area contributed by atoms with Crippen molar-refractivity contribution in [2.24, 2.45) is 5.92 Å². The molecule has 146 valence electrons. The van der Waals surface area contributed by atoms with Gasteiger partial charge in [-0.15, -0.1) is 0 Å². The molecule has 28 heavy (non-hydrogen) atoms. The van der Waals surface area contributed by atoms with E-state index in [1.165, 1.54) is 33.3 Å². The molecule has 0 spiro atoms. The van der Waals surface area contributed by atoms with Crippen LogP contribution in [0.1, 0.15) is 47.6 Å². The van der Waals surface area contributed by atoms with Crippen LogP contribution < -0.4 is 5.32 Å². The highest BCUT2D eigenvalue weighted by atomic mass is 16.1. The van der Waals surface area contributed by atoms with Gasteiger partial charge in [-0.25, -0.2) is 0 Å². The fourth-order valence-electron chi connectivity index (χ4n) is 4.74. The molecule has 0 amide bonds. The molecule has 4 rings (SSSR count). The molecule has 0 radical (unpaired) electrons. The minimum atomic E-state index is 0.0995. The van der Waals surface area contributed by atoms with Crippen molar-refractivity contribution < 1.29 is 4.79 Å². The first-order valence-corrected chi connectivity index (χ1v) is 10.5. The summed E-state index contributed by atoms with van der Waals surface area (Å²) in [7, 11) is 0. The molecule has 0 saturated carbocycles. The number of carbonyl (C=O) groups excluding carboxylic acids is 1. The van der Waals surface area contributed by atoms with Crippen LogP contribution in [0.3, 0.4) is 0 Å². The zero-order valence-electron chi connectivity index (χ0n) is 16.9. The first-order chi connectivity index (χ1) is 13.6. The number of Topliss-reactive ketones (excluding diaryl/α,β-unsaturated/α-hetero) is 1. The fraction of sp³-hybridized carbons (Fsp3) is 0.400. The number of H-pyrrole nitrogens is 1. The molecule has 2 N–H and O–H groups in total. The molecule has 3 heteroatoms. The normalized spacial score (nSPS) is 19.8. The van der Waals surface area contributed by atoms with Crippen LogP contribution in [-0.2, 0) is 11.2 Å². The van der Waals surface area contributed by atoms with Gasteiger partial charge in [0.2, 0.25) is 0 Å². The van der Waals surface area contributed by atoms with Crippen molar-refractivity contribution in [2.75, 3.05) is 13.1 Å². The number of aryl methyl sites for hydroxylation is 3. The largest absolute Gasteiger partial charge is 0.358 e. The van der Waals surface area contributed by atoms with Gasteiger partial charge in [0.1, 0.15) is 5.78 Å². The Hall–Kier alpha value is -2.39. The number of aromatic amines is 1. The Kier molecular flexibility index (Phi) is 5.63. The average molecular weight is 375 g/mol. The van der Waals surface area contributed by atoms with E-state index in [0.29, 0.717) is 18.1 Å². The number of piperidine rings is 1. The monoisotopic (exact) mass is 374 g/mol. The van der Waals surface area contributed by atoms with E-state index in [1.807, 2.05) is 6.07 Å². The van der Waals surface area contributed by atoms with Crippen molar-refractivity contribution in [3.8, 4) is 0 Å². The minimum Gasteiger partial charge on any atom is -0.358 e. The molecule has 0 bridgehead atoms. The highest BCUT2D eigenvalue weighted by molar-refractivity contribution is 5.85. The molecule has 1 fully saturated rings. The Balaban J connectivity index is 1.43. The van der Waals surface area contributed by atoms with Crippen molar-refractivity contribution in [3.63, 3.8) is 0 Å². The van der Waals surface area contributed by atoms with E-state index in [1.54, 1.807) is 0 Å². The molecule has 1 aliphatic heterocycles. The summed E-state index contributed by atoms with van der Waals surface area (Å²) in [5.74, 6) is 0.865. The lowest BCUT2D eigenvalue weighted by atomic mass is 9.78. The third-order valence-electron chi connectivity index (χ3n) is 6.25. The smallest absolute Gasteiger partial charge is 0.137 e. The number of aromatic nitrogens is 1. The molecular formula is C25H30N2O. The fourth-order valence-corrected chi connectivity index (χ4v) is 4.74. The third-order valence-corrected chi connectivity index (χ3v) is 6.25. The number of nitrogens with one attached hydrogen (secondary N) is 2. The molecule has 2 atom stereocenters. The van der Waals surface area contributed by atoms with Crippen LogP contribution in [0, 0.1) is 19.8 Å². The van der Waals surface area contributed by atoms with Gasteiger partial charge in [-0.2, -0.15) is 0 Å². The van der Waals surface area contributed by atoms with Crippen LogP contribution in [0.15, 0.2) is 48.5 Å². The molecule has 1 saturated heterocycles. The van der Waals surface area contributed by atoms with Crippen molar-refractivity contribution in [1.82, 2.24) is 10.3 Å². The Labute approximate surface area is 167 Å². The summed E-state index contributed by atoms with van der Waals surface area (Å²) in [5, 5.41) is 4.74. The van der Waals surface area contributed by atoms with Crippen molar-refractivity contribution >= 4 is 16.7 Å². The Bertz CT molecular complexity index is 957. The van der Waals surface area contributed by atoms with Crippen LogP contribution >= 0.6 is 0 Å². The molecule has 2 aromatic carbocycles. The lowest BCUT2D eigenvalue weighted by Gasteiger charge is -2.31. The number of benzene rings is 2. The lowest BCUT2D eigenvalue weighted by molar-refractivity contribution is -0.124. The molecule has 2 unspecified atom stereocenters. The molecule has 1 aromatic heterocycles. The molecular weight excluding hydrogens is 344 g/mol. The maximum absolute atomic E-state index is 13.1. The predicted octanol–water partition coefficient (Wildman–Crippen LogP) is 5.07. The second-order valence-electron chi connectivity index (χ2n) is 8.21. The first-order valence-electron chi connectivity index (χ1n) is 10.5. The summed E-state index contributed by atoms with van der Waals surface area (Å²) in [6.45, 7) is 6.08. The maximum Gasteiger partial charge on any atom is 0.137 e. The van der Waals surface area contributed by atoms with Gasteiger partial charge in [-0.1, -0.05) is 42.0 Å². The summed E-state index contributed by atoms with van der Waals surface area (Å²) in [4.78, 5) is 16.6. The van der Waals surface area contributed by atoms with Crippen LogP contribution in [0.25, 0.3) is 10.9 Å². The van der Waals surface area contributed by atoms with Gasteiger partial charge in [-0.05, 0) is 68.8 Å². The molecule has 2 heterocycles. The van der Waals surface area contributed by atoms with Crippen LogP contribution in [-0.4, -0.2) is 23.9 Å². The van der Waals surface area contributed by atoms with E-state index in [9.17, 15) is 4.79 Å². The zero-order valence-corrected chi connectivity index (χ0v) is 16.9. The average Bonchev–Trinajstić information content (AvgIpc) is 3.03. The number of hydrogen-bond acceptors (Lipinski definition) is 2. The molecule has 3 nitrogen and oxygen atoms in total. The highest BCUT2D eigenvalue weighted by Gasteiger charge is 2.31. The number of ketones is 1. The lowest BCUT2D eigenvalue weighted by Crippen LogP contribution is -2.39. The van der Waals surface area contributed by atoms with Gasteiger partial charge in [0.25, 0.3) is 0 Å². The quantitative estimate of drug-likeness (QED) is 0.633. The number of fused-ring (bicyclic) bond motifs is 1. The number of rotatable bonds is 6. The van der Waals surface area contributed by atoms with Gasteiger partial charge in [0.15, 0.2) is 0 Å². The van der Waals surface area contributed by atoms with Crippen molar-refractivity contribution in [3.05, 3.63) is 70.9 Å². The predicted molar refractivity (Wildman–Crippen MR) is 116 cm³/mol. The van der Waals surface area contributed by atoms with Gasteiger partial charge in [0.05, 0.1) is 0 Å². The second kappa shape index (κ2) is 8.32. The first kappa shape index (κ1) is 18.9. The third kappa shape index (κ3) is 3.90. The Morgan fingerprint density at radius 2 is 1.93 bits per heavy atom. The van der Waals surface area contributed by atoms with Crippen molar-refractivity contribution in [1.29, 1.82) is 0 Å². The van der Waals surface area contributed by atoms with Gasteiger partial charge in [-0.3, -0.25) is 4.79 Å². The zero-order chi connectivity index (χ0) is 19.5. The van der Waals surface area contributed by atoms with E-state index in [2.05, 4.69) is 66.6 Å². The topological polar surface area (TPSA) is 44.9 Å². The Morgan fingerprint density at radius 3 is 2.75 bits per heavy atom. The summed E-state index contributed by atoms with van der Waals surface area (Å²) in [6, 6.07) is 17.1. The summed E-state index contributed by atoms with van der Waals surface area (Å²) in [6.07, 6.45) is 3.57. The second-order valence-corrected chi connectivity index (χ2v) is 8.21. The summed E-state index contributed by atoms with van der Waals surface area (Å²) in [5.41, 5.74) is 6.39. The van der Waals surface area contributed by atoms with E-state index in [-0.39, 0.29) is 5.92 Å². The van der Waals surface area contributed by atoms with E-state index in [0.717, 1.165) is 32.4 Å². The SMILES string of the molecule is Cc1ccc2[nH]c(C)c(CCCC(=O)C3CNCCC3c3ccccc3)c2c1. The van der Waals surface area contributed by atoms with Crippen LogP contribution in [0.2, 0.25) is 0 Å². The summed E-state index contributed by atoms with van der Waals surface area (Å²) < 4.78 is 0. The number of carbonyl (C=O) groups is 1. The maximum atomic E-state index is 13.1. The minimum absolute atomic E-state index is 0.0995. The van der Waals surface area contributed by atoms with Gasteiger partial charge < -0.3 is 10.3 Å². The molecule has 1 aliphatic rings. The number of hydrogen-bond donors (Lipinski definition) is 2. The summed E-state index contributed by atoms with van der Waals surface area (Å²) >= 11 is 0. The van der Waals surface area contributed by atoms with Crippen molar-refractivity contribution in [2.45, 2.75) is 45.4 Å². The molecule has 3 aromatic rings. The van der Waals surface area contributed by atoms with E-state index in [4.69, 9.17) is 0 Å². The van der Waals surface area contributed by atoms with E-state index >= 15 is 0 Å². The van der Waals surface area contributed by atoms with Gasteiger partial charge >= 0.3 is 0 Å². The van der Waals surface area contributed by atoms with Crippen LogP contribution in [0.4, 0.5) is 0 Å². The van der Waals surface area contributed by atoms with Crippen LogP contribution in [0.5, 0.6) is 0 Å². The van der Waals surface area contributed by atoms with Gasteiger partial charge in [0, 0.05) is 35.5 Å². The highest BCUT2D eigenvalue weighted by Crippen LogP contribution is 2.32. The standard InChI is InChI=1S/C25H30N2O/c1-17-11-12-24-22(15-17)20(18(2)27-24)9-6-10-25(28)23-16-26-14-13-21(23)19-7-4-3-5-8-19/h3-5,7-8,11-12,15,21,23,26-27H,6,9-10,13-14,16H2,1-2H3.